The molecular weight excluding hydrogens is 190 g/mol. The van der Waals surface area contributed by atoms with E-state index in [4.69, 9.17) is 5.11 Å². The highest BCUT2D eigenvalue weighted by Crippen LogP contribution is 2.34. The van der Waals surface area contributed by atoms with Gasteiger partial charge in [0.25, 0.3) is 0 Å². The monoisotopic (exact) mass is 198 g/mol. The summed E-state index contributed by atoms with van der Waals surface area (Å²) in [6.45, 7) is 0. The Kier molecular flexibility index (Phi) is 1.98. The van der Waals surface area contributed by atoms with Crippen molar-refractivity contribution in [2.75, 3.05) is 0 Å². The molecule has 2 rings (SSSR count). The summed E-state index contributed by atoms with van der Waals surface area (Å²) in [5.41, 5.74) is -0.523. The largest absolute Gasteiger partial charge is 0.508 e. The second kappa shape index (κ2) is 3.04. The van der Waals surface area contributed by atoms with Gasteiger partial charge in [0, 0.05) is 18.1 Å². The number of halogens is 2. The molecule has 4 heteroatoms. The Bertz CT molecular complexity index is 374. The predicted molar refractivity (Wildman–Crippen MR) is 45.1 cm³/mol. The minimum atomic E-state index is -0.987. The number of benzene rings is 1. The highest BCUT2D eigenvalue weighted by atomic mass is 19.1. The molecule has 0 aliphatic heterocycles. The third-order valence-corrected chi connectivity index (χ3v) is 2.22. The minimum absolute atomic E-state index is 0.233. The molecule has 0 spiro atoms. The first-order valence-electron chi connectivity index (χ1n) is 4.32. The van der Waals surface area contributed by atoms with Crippen LogP contribution in [0, 0.1) is 17.6 Å². The van der Waals surface area contributed by atoms with Crippen molar-refractivity contribution in [3.05, 3.63) is 29.3 Å². The second-order valence-electron chi connectivity index (χ2n) is 3.42. The molecule has 0 aromatic heterocycles. The molecule has 0 unspecified atom stereocenters. The molecule has 0 bridgehead atoms. The molecule has 1 aromatic carbocycles. The number of phenolic OH excluding ortho intramolecular Hbond substituents is 1. The Morgan fingerprint density at radius 1 is 1.29 bits per heavy atom. The molecule has 1 aromatic rings. The van der Waals surface area contributed by atoms with Crippen LogP contribution in [0.1, 0.15) is 23.2 Å². The van der Waals surface area contributed by atoms with E-state index in [1.165, 1.54) is 0 Å². The summed E-state index contributed by atoms with van der Waals surface area (Å²) in [6, 6.07) is 1.50. The van der Waals surface area contributed by atoms with E-state index in [1.807, 2.05) is 0 Å². The van der Waals surface area contributed by atoms with Crippen LogP contribution < -0.4 is 0 Å². The molecule has 0 atom stereocenters. The Morgan fingerprint density at radius 3 is 2.21 bits per heavy atom. The van der Waals surface area contributed by atoms with Gasteiger partial charge in [0.1, 0.15) is 17.4 Å². The van der Waals surface area contributed by atoms with E-state index in [2.05, 4.69) is 0 Å². The van der Waals surface area contributed by atoms with Crippen LogP contribution in [-0.2, 0) is 0 Å². The van der Waals surface area contributed by atoms with Gasteiger partial charge in [0.2, 0.25) is 0 Å². The lowest BCUT2D eigenvalue weighted by Gasteiger charge is -2.03. The van der Waals surface area contributed by atoms with Gasteiger partial charge in [-0.3, -0.25) is 4.79 Å². The van der Waals surface area contributed by atoms with Gasteiger partial charge >= 0.3 is 0 Å². The van der Waals surface area contributed by atoms with Crippen molar-refractivity contribution < 1.29 is 18.7 Å². The highest BCUT2D eigenvalue weighted by molar-refractivity contribution is 5.99. The maximum Gasteiger partial charge on any atom is 0.171 e. The van der Waals surface area contributed by atoms with E-state index < -0.39 is 28.7 Å². The van der Waals surface area contributed by atoms with Crippen LogP contribution in [0.3, 0.4) is 0 Å². The zero-order chi connectivity index (χ0) is 10.3. The molecular formula is C10H8F2O2. The molecule has 1 aliphatic carbocycles. The topological polar surface area (TPSA) is 37.3 Å². The number of Topliss-reactive ketones (excluding diaryl/α,β-unsaturated/α-hetero) is 1. The van der Waals surface area contributed by atoms with E-state index >= 15 is 0 Å². The Balaban J connectivity index is 2.45. The molecule has 1 aliphatic rings. The van der Waals surface area contributed by atoms with Crippen molar-refractivity contribution in [2.24, 2.45) is 5.92 Å². The maximum atomic E-state index is 13.1. The highest BCUT2D eigenvalue weighted by Gasteiger charge is 2.33. The molecule has 2 nitrogen and oxygen atoms in total. The maximum absolute atomic E-state index is 13.1. The zero-order valence-electron chi connectivity index (χ0n) is 7.26. The van der Waals surface area contributed by atoms with Gasteiger partial charge in [0.15, 0.2) is 5.78 Å². The number of hydrogen-bond acceptors (Lipinski definition) is 2. The van der Waals surface area contributed by atoms with Crippen LogP contribution in [-0.4, -0.2) is 10.9 Å². The van der Waals surface area contributed by atoms with Crippen molar-refractivity contribution in [2.45, 2.75) is 12.8 Å². The summed E-state index contributed by atoms with van der Waals surface area (Å²) in [5, 5.41) is 8.86. The smallest absolute Gasteiger partial charge is 0.171 e. The van der Waals surface area contributed by atoms with Crippen molar-refractivity contribution in [3.8, 4) is 5.75 Å². The van der Waals surface area contributed by atoms with E-state index in [0.29, 0.717) is 12.8 Å². The average Bonchev–Trinajstić information content (AvgIpc) is 2.83. The van der Waals surface area contributed by atoms with Crippen molar-refractivity contribution in [1.82, 2.24) is 0 Å². The van der Waals surface area contributed by atoms with E-state index in [1.54, 1.807) is 0 Å². The lowest BCUT2D eigenvalue weighted by molar-refractivity contribution is 0.0959. The SMILES string of the molecule is O=C(c1c(F)cc(O)cc1F)C1CC1. The van der Waals surface area contributed by atoms with Gasteiger partial charge in [-0.2, -0.15) is 0 Å². The molecule has 0 radical (unpaired) electrons. The standard InChI is InChI=1S/C10H8F2O2/c11-7-3-6(13)4-8(12)9(7)10(14)5-1-2-5/h3-5,13H,1-2H2. The number of hydrogen-bond donors (Lipinski definition) is 1. The second-order valence-corrected chi connectivity index (χ2v) is 3.42. The number of ketones is 1. The third-order valence-electron chi connectivity index (χ3n) is 2.22. The fourth-order valence-electron chi connectivity index (χ4n) is 1.34. The van der Waals surface area contributed by atoms with Gasteiger partial charge in [0.05, 0.1) is 5.56 Å². The predicted octanol–water partition coefficient (Wildman–Crippen LogP) is 2.26. The van der Waals surface area contributed by atoms with E-state index in [0.717, 1.165) is 12.1 Å². The Hall–Kier alpha value is -1.45. The zero-order valence-corrected chi connectivity index (χ0v) is 7.26. The average molecular weight is 198 g/mol. The van der Waals surface area contributed by atoms with Crippen LogP contribution in [0.2, 0.25) is 0 Å². The summed E-state index contributed by atoms with van der Waals surface area (Å²) in [5.74, 6) is -3.21. The van der Waals surface area contributed by atoms with Crippen LogP contribution in [0.25, 0.3) is 0 Å². The Morgan fingerprint density at radius 2 is 1.79 bits per heavy atom. The summed E-state index contributed by atoms with van der Waals surface area (Å²) < 4.78 is 26.3. The first kappa shape index (κ1) is 9.12. The molecule has 1 fully saturated rings. The van der Waals surface area contributed by atoms with Crippen LogP contribution in [0.4, 0.5) is 8.78 Å². The molecule has 0 saturated heterocycles. The van der Waals surface area contributed by atoms with Crippen LogP contribution >= 0.6 is 0 Å². The Labute approximate surface area is 79.2 Å². The summed E-state index contributed by atoms with van der Waals surface area (Å²) >= 11 is 0. The first-order chi connectivity index (χ1) is 6.59. The summed E-state index contributed by atoms with van der Waals surface area (Å²) in [4.78, 5) is 11.4. The number of carbonyl (C=O) groups is 1. The van der Waals surface area contributed by atoms with Crippen molar-refractivity contribution in [3.63, 3.8) is 0 Å². The lowest BCUT2D eigenvalue weighted by Crippen LogP contribution is -2.07. The number of carbonyl (C=O) groups excluding carboxylic acids is 1. The molecule has 14 heavy (non-hydrogen) atoms. The van der Waals surface area contributed by atoms with Crippen molar-refractivity contribution >= 4 is 5.78 Å². The van der Waals surface area contributed by atoms with Gasteiger partial charge < -0.3 is 5.11 Å². The molecule has 1 N–H and O–H groups in total. The third kappa shape index (κ3) is 1.47. The quantitative estimate of drug-likeness (QED) is 0.740. The number of phenols is 1. The van der Waals surface area contributed by atoms with Gasteiger partial charge in [-0.15, -0.1) is 0 Å². The molecule has 0 amide bonds. The summed E-state index contributed by atoms with van der Waals surface area (Å²) in [7, 11) is 0. The fourth-order valence-corrected chi connectivity index (χ4v) is 1.34. The van der Waals surface area contributed by atoms with E-state index in [9.17, 15) is 13.6 Å². The van der Waals surface area contributed by atoms with Gasteiger partial charge in [-0.1, -0.05) is 0 Å². The number of aromatic hydroxyl groups is 1. The summed E-state index contributed by atoms with van der Waals surface area (Å²) in [6.07, 6.45) is 1.39. The van der Waals surface area contributed by atoms with Gasteiger partial charge in [-0.25, -0.2) is 8.78 Å². The number of rotatable bonds is 2. The normalized spacial score (nSPS) is 15.6. The molecule has 1 saturated carbocycles. The van der Waals surface area contributed by atoms with Crippen molar-refractivity contribution in [1.29, 1.82) is 0 Å². The molecule has 0 heterocycles. The lowest BCUT2D eigenvalue weighted by atomic mass is 10.1. The van der Waals surface area contributed by atoms with Gasteiger partial charge in [-0.05, 0) is 12.8 Å². The van der Waals surface area contributed by atoms with E-state index in [-0.39, 0.29) is 5.92 Å². The molecule has 74 valence electrons. The van der Waals surface area contributed by atoms with Crippen LogP contribution in [0.5, 0.6) is 5.75 Å². The minimum Gasteiger partial charge on any atom is -0.508 e. The fraction of sp³-hybridized carbons (Fsp3) is 0.300. The van der Waals surface area contributed by atoms with Crippen LogP contribution in [0.15, 0.2) is 12.1 Å². The first-order valence-corrected chi connectivity index (χ1v) is 4.32.